The van der Waals surface area contributed by atoms with E-state index in [9.17, 15) is 9.59 Å². The number of unbranched alkanes of at least 4 members (excludes halogenated alkanes) is 1. The summed E-state index contributed by atoms with van der Waals surface area (Å²) in [6, 6.07) is 7.66. The minimum atomic E-state index is -0.0638. The third kappa shape index (κ3) is 3.61. The fourth-order valence-corrected chi connectivity index (χ4v) is 3.31. The summed E-state index contributed by atoms with van der Waals surface area (Å²) >= 11 is 0. The first-order chi connectivity index (χ1) is 11.7. The van der Waals surface area contributed by atoms with Crippen molar-refractivity contribution in [3.63, 3.8) is 0 Å². The SMILES string of the molecule is CCCC[C@@H]1C=CCN1C(=O)Nc1ccc(N2CCCC2=O)cc1. The Morgan fingerprint density at radius 1 is 1.29 bits per heavy atom. The fraction of sp³-hybridized carbons (Fsp3) is 0.474. The fourth-order valence-electron chi connectivity index (χ4n) is 3.31. The lowest BCUT2D eigenvalue weighted by Gasteiger charge is -2.25. The molecule has 5 heteroatoms. The van der Waals surface area contributed by atoms with Crippen molar-refractivity contribution in [2.75, 3.05) is 23.3 Å². The van der Waals surface area contributed by atoms with Crippen molar-refractivity contribution in [1.82, 2.24) is 4.90 Å². The maximum atomic E-state index is 12.5. The van der Waals surface area contributed by atoms with Crippen LogP contribution in [0.1, 0.15) is 39.0 Å². The van der Waals surface area contributed by atoms with Crippen LogP contribution in [0.4, 0.5) is 16.2 Å². The molecule has 1 fully saturated rings. The molecule has 128 valence electrons. The van der Waals surface area contributed by atoms with Gasteiger partial charge in [-0.15, -0.1) is 0 Å². The van der Waals surface area contributed by atoms with E-state index in [0.717, 1.165) is 43.6 Å². The van der Waals surface area contributed by atoms with Crippen LogP contribution in [-0.4, -0.2) is 36.0 Å². The molecule has 0 aliphatic carbocycles. The van der Waals surface area contributed by atoms with Gasteiger partial charge in [0, 0.05) is 30.9 Å². The molecule has 24 heavy (non-hydrogen) atoms. The Morgan fingerprint density at radius 2 is 2.08 bits per heavy atom. The molecular weight excluding hydrogens is 302 g/mol. The number of rotatable bonds is 5. The number of hydrogen-bond acceptors (Lipinski definition) is 2. The number of benzene rings is 1. The predicted molar refractivity (Wildman–Crippen MR) is 96.2 cm³/mol. The van der Waals surface area contributed by atoms with E-state index < -0.39 is 0 Å². The van der Waals surface area contributed by atoms with E-state index in [4.69, 9.17) is 0 Å². The van der Waals surface area contributed by atoms with Gasteiger partial charge in [0.25, 0.3) is 0 Å². The normalized spacial score (nSPS) is 20.0. The summed E-state index contributed by atoms with van der Waals surface area (Å²) in [6.45, 7) is 3.61. The Kier molecular flexibility index (Phi) is 5.18. The molecule has 0 bridgehead atoms. The monoisotopic (exact) mass is 327 g/mol. The summed E-state index contributed by atoms with van der Waals surface area (Å²) in [4.78, 5) is 27.9. The van der Waals surface area contributed by atoms with E-state index in [1.54, 1.807) is 4.90 Å². The minimum absolute atomic E-state index is 0.0638. The van der Waals surface area contributed by atoms with E-state index in [1.165, 1.54) is 0 Å². The van der Waals surface area contributed by atoms with Gasteiger partial charge in [-0.1, -0.05) is 31.9 Å². The van der Waals surface area contributed by atoms with Gasteiger partial charge in [0.15, 0.2) is 0 Å². The molecule has 0 aromatic heterocycles. The Hall–Kier alpha value is -2.30. The van der Waals surface area contributed by atoms with E-state index in [2.05, 4.69) is 24.4 Å². The summed E-state index contributed by atoms with van der Waals surface area (Å²) < 4.78 is 0. The maximum Gasteiger partial charge on any atom is 0.322 e. The first-order valence-corrected chi connectivity index (χ1v) is 8.83. The average Bonchev–Trinajstić information content (AvgIpc) is 3.22. The van der Waals surface area contributed by atoms with Crippen LogP contribution < -0.4 is 10.2 Å². The molecule has 0 unspecified atom stereocenters. The van der Waals surface area contributed by atoms with Crippen molar-refractivity contribution in [3.8, 4) is 0 Å². The van der Waals surface area contributed by atoms with Crippen molar-refractivity contribution in [2.45, 2.75) is 45.1 Å². The number of carbonyl (C=O) groups excluding carboxylic acids is 2. The minimum Gasteiger partial charge on any atom is -0.314 e. The summed E-state index contributed by atoms with van der Waals surface area (Å²) in [5, 5.41) is 2.96. The molecular formula is C19H25N3O2. The molecule has 1 atom stereocenters. The summed E-state index contributed by atoms with van der Waals surface area (Å²) in [5.74, 6) is 0.175. The third-order valence-electron chi connectivity index (χ3n) is 4.68. The summed E-state index contributed by atoms with van der Waals surface area (Å²) in [7, 11) is 0. The first kappa shape index (κ1) is 16.6. The molecule has 2 heterocycles. The van der Waals surface area contributed by atoms with Gasteiger partial charge < -0.3 is 15.1 Å². The number of urea groups is 1. The van der Waals surface area contributed by atoms with E-state index >= 15 is 0 Å². The van der Waals surface area contributed by atoms with Crippen LogP contribution in [0.5, 0.6) is 0 Å². The van der Waals surface area contributed by atoms with Crippen LogP contribution in [0.2, 0.25) is 0 Å². The van der Waals surface area contributed by atoms with E-state index in [-0.39, 0.29) is 18.0 Å². The highest BCUT2D eigenvalue weighted by Gasteiger charge is 2.24. The van der Waals surface area contributed by atoms with Gasteiger partial charge in [-0.05, 0) is 37.1 Å². The molecule has 5 nitrogen and oxygen atoms in total. The topological polar surface area (TPSA) is 52.7 Å². The number of carbonyl (C=O) groups is 2. The molecule has 3 amide bonds. The largest absolute Gasteiger partial charge is 0.322 e. The molecule has 3 rings (SSSR count). The number of nitrogens with zero attached hydrogens (tertiary/aromatic N) is 2. The molecule has 1 saturated heterocycles. The van der Waals surface area contributed by atoms with Crippen molar-refractivity contribution in [2.24, 2.45) is 0 Å². The molecule has 0 saturated carbocycles. The van der Waals surface area contributed by atoms with Gasteiger partial charge in [-0.25, -0.2) is 4.79 Å². The second-order valence-electron chi connectivity index (χ2n) is 6.42. The molecule has 0 spiro atoms. The van der Waals surface area contributed by atoms with Crippen LogP contribution in [0.25, 0.3) is 0 Å². The lowest BCUT2D eigenvalue weighted by Crippen LogP contribution is -2.39. The standard InChI is InChI=1S/C19H25N3O2/c1-2-3-6-16-7-4-14-22(16)19(24)20-15-9-11-17(12-10-15)21-13-5-8-18(21)23/h4,7,9-12,16H,2-3,5-6,8,13-14H2,1H3,(H,20,24)/t16-/m1/s1. The molecule has 1 aromatic rings. The zero-order valence-electron chi connectivity index (χ0n) is 14.2. The predicted octanol–water partition coefficient (Wildman–Crippen LogP) is 3.78. The zero-order chi connectivity index (χ0) is 16.9. The van der Waals surface area contributed by atoms with Crippen molar-refractivity contribution >= 4 is 23.3 Å². The van der Waals surface area contributed by atoms with Crippen LogP contribution in [-0.2, 0) is 4.79 Å². The Bertz CT molecular complexity index is 624. The Balaban J connectivity index is 1.59. The van der Waals surface area contributed by atoms with Gasteiger partial charge in [-0.3, -0.25) is 4.79 Å². The zero-order valence-corrected chi connectivity index (χ0v) is 14.2. The molecule has 2 aliphatic heterocycles. The number of hydrogen-bond donors (Lipinski definition) is 1. The van der Waals surface area contributed by atoms with Crippen molar-refractivity contribution in [1.29, 1.82) is 0 Å². The van der Waals surface area contributed by atoms with Gasteiger partial charge in [0.05, 0.1) is 6.04 Å². The molecule has 1 N–H and O–H groups in total. The van der Waals surface area contributed by atoms with Crippen LogP contribution in [0.15, 0.2) is 36.4 Å². The van der Waals surface area contributed by atoms with Gasteiger partial charge in [0.2, 0.25) is 5.91 Å². The smallest absolute Gasteiger partial charge is 0.314 e. The number of nitrogens with one attached hydrogen (secondary N) is 1. The van der Waals surface area contributed by atoms with E-state index in [0.29, 0.717) is 13.0 Å². The summed E-state index contributed by atoms with van der Waals surface area (Å²) in [6.07, 6.45) is 8.99. The lowest BCUT2D eigenvalue weighted by molar-refractivity contribution is -0.117. The third-order valence-corrected chi connectivity index (χ3v) is 4.68. The number of anilines is 2. The Morgan fingerprint density at radius 3 is 2.75 bits per heavy atom. The van der Waals surface area contributed by atoms with Gasteiger partial charge in [0.1, 0.15) is 0 Å². The highest BCUT2D eigenvalue weighted by atomic mass is 16.2. The van der Waals surface area contributed by atoms with Gasteiger partial charge in [-0.2, -0.15) is 0 Å². The summed E-state index contributed by atoms with van der Waals surface area (Å²) in [5.41, 5.74) is 1.66. The highest BCUT2D eigenvalue weighted by Crippen LogP contribution is 2.24. The van der Waals surface area contributed by atoms with Crippen molar-refractivity contribution in [3.05, 3.63) is 36.4 Å². The maximum absolute atomic E-state index is 12.5. The lowest BCUT2D eigenvalue weighted by atomic mass is 10.1. The Labute approximate surface area is 143 Å². The second kappa shape index (κ2) is 7.51. The van der Waals surface area contributed by atoms with Crippen LogP contribution in [0.3, 0.4) is 0 Å². The molecule has 1 aromatic carbocycles. The number of amides is 3. The molecule has 0 radical (unpaired) electrons. The quantitative estimate of drug-likeness (QED) is 0.837. The van der Waals surface area contributed by atoms with Crippen LogP contribution in [0, 0.1) is 0 Å². The second-order valence-corrected chi connectivity index (χ2v) is 6.42. The highest BCUT2D eigenvalue weighted by molar-refractivity contribution is 5.96. The van der Waals surface area contributed by atoms with Gasteiger partial charge >= 0.3 is 6.03 Å². The first-order valence-electron chi connectivity index (χ1n) is 8.83. The van der Waals surface area contributed by atoms with E-state index in [1.807, 2.05) is 29.2 Å². The molecule has 2 aliphatic rings. The van der Waals surface area contributed by atoms with Crippen LogP contribution >= 0.6 is 0 Å². The van der Waals surface area contributed by atoms with Crippen molar-refractivity contribution < 1.29 is 9.59 Å². The average molecular weight is 327 g/mol.